The molecule has 4 nitrogen and oxygen atoms in total. The van der Waals surface area contributed by atoms with Crippen LogP contribution in [0.2, 0.25) is 5.02 Å². The van der Waals surface area contributed by atoms with Gasteiger partial charge in [0.2, 0.25) is 0 Å². The van der Waals surface area contributed by atoms with Crippen LogP contribution in [0.3, 0.4) is 0 Å². The van der Waals surface area contributed by atoms with Crippen molar-refractivity contribution in [1.29, 1.82) is 0 Å². The predicted molar refractivity (Wildman–Crippen MR) is 90.2 cm³/mol. The van der Waals surface area contributed by atoms with Gasteiger partial charge in [-0.05, 0) is 36.6 Å². The second-order valence-corrected chi connectivity index (χ2v) is 6.17. The summed E-state index contributed by atoms with van der Waals surface area (Å²) in [6.07, 6.45) is 3.73. The van der Waals surface area contributed by atoms with Gasteiger partial charge in [0.25, 0.3) is 0 Å². The van der Waals surface area contributed by atoms with Crippen LogP contribution in [0.1, 0.15) is 24.1 Å². The normalized spacial score (nSPS) is 15.1. The van der Waals surface area contributed by atoms with E-state index in [1.807, 2.05) is 61.5 Å². The molecule has 1 heterocycles. The van der Waals surface area contributed by atoms with Crippen molar-refractivity contribution in [3.8, 4) is 0 Å². The first-order valence-corrected chi connectivity index (χ1v) is 7.81. The molecular formula is C18H18ClN3O. The van der Waals surface area contributed by atoms with Crippen LogP contribution in [0.4, 0.5) is 0 Å². The Kier molecular flexibility index (Phi) is 4.46. The summed E-state index contributed by atoms with van der Waals surface area (Å²) < 4.78 is 1.71. The summed E-state index contributed by atoms with van der Waals surface area (Å²) in [5.74, 6) is 0. The summed E-state index contributed by atoms with van der Waals surface area (Å²) in [5, 5.41) is 16.2. The van der Waals surface area contributed by atoms with Gasteiger partial charge < -0.3 is 5.11 Å². The summed E-state index contributed by atoms with van der Waals surface area (Å²) in [6, 6.07) is 17.0. The molecule has 1 aromatic heterocycles. The number of benzene rings is 2. The fourth-order valence-electron chi connectivity index (χ4n) is 2.74. The van der Waals surface area contributed by atoms with Crippen molar-refractivity contribution in [2.24, 2.45) is 0 Å². The molecule has 0 radical (unpaired) electrons. The van der Waals surface area contributed by atoms with Crippen molar-refractivity contribution < 1.29 is 5.11 Å². The van der Waals surface area contributed by atoms with E-state index in [1.54, 1.807) is 11.0 Å². The lowest BCUT2D eigenvalue weighted by Gasteiger charge is -2.33. The van der Waals surface area contributed by atoms with Crippen molar-refractivity contribution in [1.82, 2.24) is 14.8 Å². The van der Waals surface area contributed by atoms with Gasteiger partial charge >= 0.3 is 0 Å². The second kappa shape index (κ2) is 6.52. The molecule has 0 saturated heterocycles. The fraction of sp³-hybridized carbons (Fsp3) is 0.222. The molecule has 0 fully saturated rings. The average molecular weight is 328 g/mol. The first-order chi connectivity index (χ1) is 11.1. The first kappa shape index (κ1) is 15.7. The number of hydrogen-bond donors (Lipinski definition) is 1. The first-order valence-electron chi connectivity index (χ1n) is 7.44. The molecule has 3 aromatic rings. The Morgan fingerprint density at radius 1 is 1.13 bits per heavy atom. The number of aliphatic hydroxyl groups is 1. The molecule has 0 bridgehead atoms. The Hall–Kier alpha value is -2.17. The minimum Gasteiger partial charge on any atom is -0.383 e. The Labute approximate surface area is 140 Å². The molecule has 0 aliphatic carbocycles. The number of nitrogens with zero attached hydrogens (tertiary/aromatic N) is 3. The van der Waals surface area contributed by atoms with E-state index in [4.69, 9.17) is 11.6 Å². The molecule has 0 saturated carbocycles. The summed E-state index contributed by atoms with van der Waals surface area (Å²) in [4.78, 5) is 4.03. The fourth-order valence-corrected chi connectivity index (χ4v) is 2.87. The minimum absolute atomic E-state index is 0.284. The van der Waals surface area contributed by atoms with Gasteiger partial charge in [-0.15, -0.1) is 0 Å². The molecule has 118 valence electrons. The Morgan fingerprint density at radius 2 is 1.83 bits per heavy atom. The summed E-state index contributed by atoms with van der Waals surface area (Å²) >= 11 is 5.96. The van der Waals surface area contributed by atoms with E-state index in [2.05, 4.69) is 10.1 Å². The topological polar surface area (TPSA) is 50.9 Å². The Bertz CT molecular complexity index is 740. The minimum atomic E-state index is -1.09. The highest BCUT2D eigenvalue weighted by Crippen LogP contribution is 2.35. The quantitative estimate of drug-likeness (QED) is 0.778. The summed E-state index contributed by atoms with van der Waals surface area (Å²) in [5.41, 5.74) is 0.828. The van der Waals surface area contributed by atoms with Gasteiger partial charge in [-0.2, -0.15) is 5.10 Å². The maximum Gasteiger partial charge on any atom is 0.137 e. The van der Waals surface area contributed by atoms with Gasteiger partial charge in [-0.25, -0.2) is 9.67 Å². The molecule has 0 amide bonds. The highest BCUT2D eigenvalue weighted by atomic mass is 35.5. The van der Waals surface area contributed by atoms with Crippen LogP contribution < -0.4 is 0 Å². The lowest BCUT2D eigenvalue weighted by atomic mass is 9.85. The van der Waals surface area contributed by atoms with Crippen LogP contribution in [0.5, 0.6) is 0 Å². The Morgan fingerprint density at radius 3 is 2.43 bits per heavy atom. The number of hydrogen-bond acceptors (Lipinski definition) is 3. The predicted octanol–water partition coefficient (Wildman–Crippen LogP) is 3.62. The monoisotopic (exact) mass is 327 g/mol. The molecule has 5 heteroatoms. The van der Waals surface area contributed by atoms with Gasteiger partial charge in [0.15, 0.2) is 0 Å². The smallest absolute Gasteiger partial charge is 0.137 e. The average Bonchev–Trinajstić information content (AvgIpc) is 3.09. The zero-order chi connectivity index (χ0) is 16.3. The second-order valence-electron chi connectivity index (χ2n) is 5.74. The van der Waals surface area contributed by atoms with Crippen molar-refractivity contribution >= 4 is 11.6 Å². The molecule has 3 rings (SSSR count). The van der Waals surface area contributed by atoms with E-state index >= 15 is 0 Å². The highest BCUT2D eigenvalue weighted by Gasteiger charge is 2.35. The van der Waals surface area contributed by atoms with E-state index in [0.717, 1.165) is 11.1 Å². The van der Waals surface area contributed by atoms with E-state index in [0.29, 0.717) is 11.4 Å². The van der Waals surface area contributed by atoms with Crippen LogP contribution in [0.15, 0.2) is 67.3 Å². The molecule has 2 aromatic carbocycles. The van der Waals surface area contributed by atoms with Gasteiger partial charge in [0, 0.05) is 5.02 Å². The summed E-state index contributed by atoms with van der Waals surface area (Å²) in [6.45, 7) is 1.81. The third kappa shape index (κ3) is 3.44. The van der Waals surface area contributed by atoms with Crippen molar-refractivity contribution in [3.05, 3.63) is 83.4 Å². The van der Waals surface area contributed by atoms with E-state index in [-0.39, 0.29) is 6.04 Å². The molecule has 23 heavy (non-hydrogen) atoms. The van der Waals surface area contributed by atoms with Crippen LogP contribution in [-0.4, -0.2) is 19.9 Å². The zero-order valence-corrected chi connectivity index (χ0v) is 13.6. The number of rotatable bonds is 5. The molecular weight excluding hydrogens is 310 g/mol. The third-order valence-corrected chi connectivity index (χ3v) is 4.36. The highest BCUT2D eigenvalue weighted by molar-refractivity contribution is 6.30. The lowest BCUT2D eigenvalue weighted by molar-refractivity contribution is -0.00474. The molecule has 2 unspecified atom stereocenters. The van der Waals surface area contributed by atoms with Crippen LogP contribution >= 0.6 is 11.6 Å². The summed E-state index contributed by atoms with van der Waals surface area (Å²) in [7, 11) is 0. The van der Waals surface area contributed by atoms with Gasteiger partial charge in [0.1, 0.15) is 18.3 Å². The SMILES string of the molecule is CC(O)(c1ccccc1)C(Cc1ccc(Cl)cc1)n1cncn1. The van der Waals surface area contributed by atoms with Crippen molar-refractivity contribution in [2.45, 2.75) is 25.0 Å². The zero-order valence-electron chi connectivity index (χ0n) is 12.8. The number of halogens is 1. The van der Waals surface area contributed by atoms with Crippen molar-refractivity contribution in [2.75, 3.05) is 0 Å². The Balaban J connectivity index is 1.97. The van der Waals surface area contributed by atoms with E-state index in [1.165, 1.54) is 6.33 Å². The molecule has 0 spiro atoms. The van der Waals surface area contributed by atoms with Crippen LogP contribution in [0.25, 0.3) is 0 Å². The lowest BCUT2D eigenvalue weighted by Crippen LogP contribution is -2.35. The third-order valence-electron chi connectivity index (χ3n) is 4.11. The van der Waals surface area contributed by atoms with Crippen LogP contribution in [0, 0.1) is 0 Å². The maximum atomic E-state index is 11.2. The molecule has 2 atom stereocenters. The molecule has 1 N–H and O–H groups in total. The molecule has 0 aliphatic heterocycles. The van der Waals surface area contributed by atoms with Gasteiger partial charge in [0.05, 0.1) is 6.04 Å². The van der Waals surface area contributed by atoms with Crippen LogP contribution in [-0.2, 0) is 12.0 Å². The van der Waals surface area contributed by atoms with E-state index in [9.17, 15) is 5.11 Å². The van der Waals surface area contributed by atoms with Gasteiger partial charge in [-0.3, -0.25) is 0 Å². The largest absolute Gasteiger partial charge is 0.383 e. The van der Waals surface area contributed by atoms with E-state index < -0.39 is 5.60 Å². The van der Waals surface area contributed by atoms with Gasteiger partial charge in [-0.1, -0.05) is 54.1 Å². The van der Waals surface area contributed by atoms with Crippen molar-refractivity contribution in [3.63, 3.8) is 0 Å². The number of aromatic nitrogens is 3. The molecule has 0 aliphatic rings. The standard InChI is InChI=1S/C18H18ClN3O/c1-18(23,15-5-3-2-4-6-15)17(22-13-20-12-21-22)11-14-7-9-16(19)10-8-14/h2-10,12-13,17,23H,11H2,1H3. The maximum absolute atomic E-state index is 11.2.